The molecule has 21 heavy (non-hydrogen) atoms. The largest absolute Gasteiger partial charge is 0.480 e. The Hall–Kier alpha value is -2.83. The molecule has 2 aromatic rings. The van der Waals surface area contributed by atoms with Crippen LogP contribution in [0.15, 0.2) is 36.7 Å². The fraction of sp³-hybridized carbons (Fsp3) is 0.214. The summed E-state index contributed by atoms with van der Waals surface area (Å²) >= 11 is 0. The van der Waals surface area contributed by atoms with Crippen LogP contribution in [-0.2, 0) is 16.0 Å². The van der Waals surface area contributed by atoms with E-state index in [1.54, 1.807) is 6.20 Å². The van der Waals surface area contributed by atoms with Gasteiger partial charge in [-0.25, -0.2) is 0 Å². The van der Waals surface area contributed by atoms with Crippen molar-refractivity contribution in [3.8, 4) is 5.75 Å². The van der Waals surface area contributed by atoms with Gasteiger partial charge in [0, 0.05) is 12.6 Å². The van der Waals surface area contributed by atoms with E-state index < -0.39 is 6.10 Å². The van der Waals surface area contributed by atoms with E-state index in [1.807, 2.05) is 24.3 Å². The van der Waals surface area contributed by atoms with E-state index in [0.717, 1.165) is 11.3 Å². The van der Waals surface area contributed by atoms with Crippen LogP contribution in [0.2, 0.25) is 0 Å². The molecule has 0 radical (unpaired) electrons. The first kappa shape index (κ1) is 13.2. The Kier molecular flexibility index (Phi) is 3.55. The second kappa shape index (κ2) is 5.66. The average molecular weight is 286 g/mol. The van der Waals surface area contributed by atoms with Gasteiger partial charge in [0.2, 0.25) is 5.91 Å². The van der Waals surface area contributed by atoms with Crippen molar-refractivity contribution in [2.24, 2.45) is 0 Å². The summed E-state index contributed by atoms with van der Waals surface area (Å²) in [5.41, 5.74) is 1.55. The lowest BCUT2D eigenvalue weighted by Gasteiger charge is -2.11. The Balaban J connectivity index is 1.48. The fourth-order valence-corrected chi connectivity index (χ4v) is 2.13. The van der Waals surface area contributed by atoms with E-state index in [4.69, 9.17) is 4.74 Å². The minimum atomic E-state index is -0.580. The summed E-state index contributed by atoms with van der Waals surface area (Å²) in [6.07, 6.45) is 2.97. The third-order valence-corrected chi connectivity index (χ3v) is 3.14. The maximum absolute atomic E-state index is 12.0. The molecule has 0 fully saturated rings. The van der Waals surface area contributed by atoms with Crippen LogP contribution in [0.25, 0.3) is 0 Å². The van der Waals surface area contributed by atoms with Gasteiger partial charge in [-0.3, -0.25) is 14.7 Å². The van der Waals surface area contributed by atoms with E-state index >= 15 is 0 Å². The zero-order valence-electron chi connectivity index (χ0n) is 11.1. The highest BCUT2D eigenvalue weighted by molar-refractivity contribution is 5.95. The minimum absolute atomic E-state index is 0.111. The number of nitrogens with one attached hydrogen (secondary N) is 3. The molecule has 3 N–H and O–H groups in total. The summed E-state index contributed by atoms with van der Waals surface area (Å²) < 4.78 is 5.55. The molecule has 2 heterocycles. The predicted octanol–water partition coefficient (Wildman–Crippen LogP) is 0.468. The van der Waals surface area contributed by atoms with E-state index in [-0.39, 0.29) is 18.4 Å². The zero-order valence-corrected chi connectivity index (χ0v) is 11.1. The van der Waals surface area contributed by atoms with Gasteiger partial charge in [-0.2, -0.15) is 5.10 Å². The molecule has 0 saturated heterocycles. The van der Waals surface area contributed by atoms with Gasteiger partial charge in [-0.05, 0) is 11.6 Å². The highest BCUT2D eigenvalue weighted by atomic mass is 16.5. The second-order valence-corrected chi connectivity index (χ2v) is 4.67. The summed E-state index contributed by atoms with van der Waals surface area (Å²) in [4.78, 5) is 23.6. The number of anilines is 1. The van der Waals surface area contributed by atoms with Crippen molar-refractivity contribution in [2.75, 3.05) is 11.9 Å². The summed E-state index contributed by atoms with van der Waals surface area (Å²) in [6.45, 7) is -0.111. The molecule has 0 spiro atoms. The molecule has 108 valence electrons. The number of aromatic nitrogens is 2. The number of hydrogen-bond donors (Lipinski definition) is 3. The number of carbonyl (C=O) groups excluding carboxylic acids is 2. The van der Waals surface area contributed by atoms with Crippen LogP contribution in [0.3, 0.4) is 0 Å². The van der Waals surface area contributed by atoms with Crippen molar-refractivity contribution in [3.63, 3.8) is 0 Å². The van der Waals surface area contributed by atoms with Crippen LogP contribution in [0, 0.1) is 0 Å². The van der Waals surface area contributed by atoms with Gasteiger partial charge in [0.25, 0.3) is 5.91 Å². The standard InChI is InChI=1S/C14H14N4O3/c19-13(18-10-6-16-17-7-10)8-15-14(20)12-5-9-3-1-2-4-11(9)21-12/h1-4,6-7,12H,5,8H2,(H,15,20)(H,16,17)(H,18,19). The van der Waals surface area contributed by atoms with Crippen LogP contribution in [0.1, 0.15) is 5.56 Å². The number of carbonyl (C=O) groups is 2. The van der Waals surface area contributed by atoms with Crippen LogP contribution in [0.4, 0.5) is 5.69 Å². The van der Waals surface area contributed by atoms with Gasteiger partial charge < -0.3 is 15.4 Å². The van der Waals surface area contributed by atoms with Crippen molar-refractivity contribution < 1.29 is 14.3 Å². The van der Waals surface area contributed by atoms with Gasteiger partial charge in [0.15, 0.2) is 6.10 Å². The molecule has 1 atom stereocenters. The van der Waals surface area contributed by atoms with Gasteiger partial charge >= 0.3 is 0 Å². The minimum Gasteiger partial charge on any atom is -0.480 e. The summed E-state index contributed by atoms with van der Waals surface area (Å²) in [5.74, 6) is 0.106. The topological polar surface area (TPSA) is 96.1 Å². The number of hydrogen-bond acceptors (Lipinski definition) is 4. The number of fused-ring (bicyclic) bond motifs is 1. The lowest BCUT2D eigenvalue weighted by atomic mass is 10.1. The molecule has 1 aliphatic rings. The Bertz CT molecular complexity index is 629. The van der Waals surface area contributed by atoms with Crippen LogP contribution >= 0.6 is 0 Å². The van der Waals surface area contributed by atoms with Crippen molar-refractivity contribution in [1.82, 2.24) is 15.5 Å². The van der Waals surface area contributed by atoms with Crippen LogP contribution < -0.4 is 15.4 Å². The predicted molar refractivity (Wildman–Crippen MR) is 74.8 cm³/mol. The number of nitrogens with zero attached hydrogens (tertiary/aromatic N) is 1. The number of amides is 2. The molecule has 0 saturated carbocycles. The van der Waals surface area contributed by atoms with Crippen molar-refractivity contribution in [3.05, 3.63) is 42.2 Å². The number of para-hydroxylation sites is 1. The summed E-state index contributed by atoms with van der Waals surface area (Å²) in [5, 5.41) is 11.5. The summed E-state index contributed by atoms with van der Waals surface area (Å²) in [7, 11) is 0. The van der Waals surface area contributed by atoms with Crippen molar-refractivity contribution in [2.45, 2.75) is 12.5 Å². The zero-order chi connectivity index (χ0) is 14.7. The highest BCUT2D eigenvalue weighted by Crippen LogP contribution is 2.27. The fourth-order valence-electron chi connectivity index (χ4n) is 2.13. The lowest BCUT2D eigenvalue weighted by molar-refractivity contribution is -0.129. The Morgan fingerprint density at radius 1 is 1.38 bits per heavy atom. The SMILES string of the molecule is O=C(CNC(=O)C1Cc2ccccc2O1)Nc1cn[nH]c1. The number of ether oxygens (including phenoxy) is 1. The molecule has 7 nitrogen and oxygen atoms in total. The van der Waals surface area contributed by atoms with Crippen LogP contribution in [0.5, 0.6) is 5.75 Å². The maximum atomic E-state index is 12.0. The molecule has 1 aromatic heterocycles. The quantitative estimate of drug-likeness (QED) is 0.761. The van der Waals surface area contributed by atoms with Gasteiger partial charge in [-0.15, -0.1) is 0 Å². The molecular formula is C14H14N4O3. The van der Waals surface area contributed by atoms with Crippen LogP contribution in [-0.4, -0.2) is 34.7 Å². The molecule has 7 heteroatoms. The first-order valence-corrected chi connectivity index (χ1v) is 6.53. The number of H-pyrrole nitrogens is 1. The molecule has 1 aromatic carbocycles. The molecule has 1 unspecified atom stereocenters. The lowest BCUT2D eigenvalue weighted by Crippen LogP contribution is -2.41. The van der Waals surface area contributed by atoms with E-state index in [1.165, 1.54) is 6.20 Å². The Morgan fingerprint density at radius 2 is 2.24 bits per heavy atom. The first-order chi connectivity index (χ1) is 10.2. The summed E-state index contributed by atoms with van der Waals surface area (Å²) in [6, 6.07) is 7.51. The normalized spacial score (nSPS) is 15.9. The molecule has 2 amide bonds. The smallest absolute Gasteiger partial charge is 0.261 e. The second-order valence-electron chi connectivity index (χ2n) is 4.67. The Morgan fingerprint density at radius 3 is 3.00 bits per heavy atom. The van der Waals surface area contributed by atoms with Crippen molar-refractivity contribution in [1.29, 1.82) is 0 Å². The third-order valence-electron chi connectivity index (χ3n) is 3.14. The van der Waals surface area contributed by atoms with E-state index in [9.17, 15) is 9.59 Å². The monoisotopic (exact) mass is 286 g/mol. The number of aromatic amines is 1. The highest BCUT2D eigenvalue weighted by Gasteiger charge is 2.28. The van der Waals surface area contributed by atoms with Crippen molar-refractivity contribution >= 4 is 17.5 Å². The van der Waals surface area contributed by atoms with Gasteiger partial charge in [0.1, 0.15) is 5.75 Å². The van der Waals surface area contributed by atoms with Gasteiger partial charge in [-0.1, -0.05) is 18.2 Å². The van der Waals surface area contributed by atoms with Gasteiger partial charge in [0.05, 0.1) is 18.4 Å². The number of rotatable bonds is 4. The molecular weight excluding hydrogens is 272 g/mol. The first-order valence-electron chi connectivity index (χ1n) is 6.53. The third kappa shape index (κ3) is 3.02. The number of benzene rings is 1. The van der Waals surface area contributed by atoms with E-state index in [0.29, 0.717) is 12.1 Å². The molecule has 3 rings (SSSR count). The average Bonchev–Trinajstić information content (AvgIpc) is 3.13. The van der Waals surface area contributed by atoms with E-state index in [2.05, 4.69) is 20.8 Å². The molecule has 0 bridgehead atoms. The maximum Gasteiger partial charge on any atom is 0.261 e. The molecule has 1 aliphatic heterocycles. The molecule has 0 aliphatic carbocycles. The Labute approximate surface area is 120 Å².